The van der Waals surface area contributed by atoms with Crippen LogP contribution in [0.15, 0.2) is 17.8 Å². The molecule has 0 radical (unpaired) electrons. The average molecular weight is 366 g/mol. The highest BCUT2D eigenvalue weighted by Gasteiger charge is 2.33. The van der Waals surface area contributed by atoms with Crippen molar-refractivity contribution >= 4 is 23.5 Å². The number of carboxylic acids is 1. The Labute approximate surface area is 148 Å². The van der Waals surface area contributed by atoms with Gasteiger partial charge >= 0.3 is 5.97 Å². The Morgan fingerprint density at radius 2 is 1.81 bits per heavy atom. The fraction of sp³-hybridized carbons (Fsp3) is 0.312. The number of carboxylic acid groups (broad SMARTS) is 1. The number of aliphatic hydroxyl groups is 1. The first kappa shape index (κ1) is 19.1. The Hall–Kier alpha value is -3.27. The lowest BCUT2D eigenvalue weighted by Crippen LogP contribution is -2.34. The SMILES string of the molecule is COc1cc(C(=O)O)c(NC2=CC(=O)N(CCO)C2=O)c(OC)c1OC. The number of aromatic carboxylic acids is 1. The summed E-state index contributed by atoms with van der Waals surface area (Å²) in [7, 11) is 3.98. The number of imide groups is 1. The van der Waals surface area contributed by atoms with E-state index >= 15 is 0 Å². The van der Waals surface area contributed by atoms with Gasteiger partial charge in [-0.1, -0.05) is 0 Å². The van der Waals surface area contributed by atoms with E-state index in [1.807, 2.05) is 0 Å². The van der Waals surface area contributed by atoms with E-state index in [0.717, 1.165) is 11.0 Å². The molecule has 1 aromatic rings. The first-order chi connectivity index (χ1) is 12.4. The number of hydrogen-bond acceptors (Lipinski definition) is 8. The summed E-state index contributed by atoms with van der Waals surface area (Å²) < 4.78 is 15.6. The van der Waals surface area contributed by atoms with E-state index in [1.54, 1.807) is 0 Å². The summed E-state index contributed by atoms with van der Waals surface area (Å²) in [6.07, 6.45) is 1.01. The number of β-amino-alcohol motifs (C(OH)–C–C–N with tert-alkyl or cyclic N) is 1. The second kappa shape index (κ2) is 7.74. The number of anilines is 1. The number of aliphatic hydroxyl groups excluding tert-OH is 1. The molecule has 1 aromatic carbocycles. The number of benzene rings is 1. The van der Waals surface area contributed by atoms with Crippen LogP contribution < -0.4 is 19.5 Å². The van der Waals surface area contributed by atoms with Crippen LogP contribution in [0.4, 0.5) is 5.69 Å². The Kier molecular flexibility index (Phi) is 5.68. The van der Waals surface area contributed by atoms with Gasteiger partial charge < -0.3 is 29.7 Å². The molecule has 0 saturated carbocycles. The first-order valence-electron chi connectivity index (χ1n) is 7.41. The number of nitrogens with one attached hydrogen (secondary N) is 1. The molecule has 1 aliphatic heterocycles. The molecule has 0 saturated heterocycles. The van der Waals surface area contributed by atoms with Gasteiger partial charge in [0.15, 0.2) is 11.5 Å². The highest BCUT2D eigenvalue weighted by atomic mass is 16.5. The zero-order valence-corrected chi connectivity index (χ0v) is 14.4. The van der Waals surface area contributed by atoms with E-state index < -0.39 is 24.4 Å². The van der Waals surface area contributed by atoms with Crippen LogP contribution in [-0.4, -0.2) is 67.4 Å². The van der Waals surface area contributed by atoms with Gasteiger partial charge in [0.25, 0.3) is 11.8 Å². The van der Waals surface area contributed by atoms with Crippen LogP contribution in [0.5, 0.6) is 17.2 Å². The van der Waals surface area contributed by atoms with Gasteiger partial charge in [0.2, 0.25) is 5.75 Å². The molecule has 0 atom stereocenters. The molecular weight excluding hydrogens is 348 g/mol. The standard InChI is InChI=1S/C16H18N2O8/c1-24-10-6-8(16(22)23)12(14(26-3)13(10)25-2)17-9-7-11(20)18(4-5-19)15(9)21/h6-7,17,19H,4-5H2,1-3H3,(H,22,23). The molecule has 2 amide bonds. The van der Waals surface area contributed by atoms with Gasteiger partial charge in [-0.15, -0.1) is 0 Å². The van der Waals surface area contributed by atoms with Gasteiger partial charge in [-0.25, -0.2) is 4.79 Å². The maximum Gasteiger partial charge on any atom is 0.338 e. The lowest BCUT2D eigenvalue weighted by atomic mass is 10.1. The molecule has 0 spiro atoms. The molecule has 10 nitrogen and oxygen atoms in total. The number of ether oxygens (including phenoxy) is 3. The summed E-state index contributed by atoms with van der Waals surface area (Å²) >= 11 is 0. The van der Waals surface area contributed by atoms with Crippen LogP contribution in [0.25, 0.3) is 0 Å². The molecular formula is C16H18N2O8. The molecule has 0 bridgehead atoms. The smallest absolute Gasteiger partial charge is 0.338 e. The van der Waals surface area contributed by atoms with E-state index in [1.165, 1.54) is 27.4 Å². The van der Waals surface area contributed by atoms with Gasteiger partial charge in [0.05, 0.1) is 40.0 Å². The Balaban J connectivity index is 2.55. The fourth-order valence-corrected chi connectivity index (χ4v) is 2.49. The van der Waals surface area contributed by atoms with E-state index in [-0.39, 0.29) is 40.7 Å². The van der Waals surface area contributed by atoms with Crippen molar-refractivity contribution in [2.45, 2.75) is 0 Å². The van der Waals surface area contributed by atoms with E-state index in [0.29, 0.717) is 0 Å². The number of amides is 2. The van der Waals surface area contributed by atoms with Crippen LogP contribution in [0, 0.1) is 0 Å². The summed E-state index contributed by atoms with van der Waals surface area (Å²) in [6.45, 7) is -0.563. The third-order valence-corrected chi connectivity index (χ3v) is 3.65. The predicted octanol–water partition coefficient (Wildman–Crippen LogP) is 0.0675. The Morgan fingerprint density at radius 3 is 2.31 bits per heavy atom. The highest BCUT2D eigenvalue weighted by molar-refractivity contribution is 6.18. The predicted molar refractivity (Wildman–Crippen MR) is 88.6 cm³/mol. The quantitative estimate of drug-likeness (QED) is 0.546. The molecule has 10 heteroatoms. The van der Waals surface area contributed by atoms with Crippen molar-refractivity contribution < 1.29 is 38.8 Å². The van der Waals surface area contributed by atoms with E-state index in [9.17, 15) is 19.5 Å². The maximum atomic E-state index is 12.3. The van der Waals surface area contributed by atoms with Crippen molar-refractivity contribution in [2.24, 2.45) is 0 Å². The molecule has 0 unspecified atom stereocenters. The van der Waals surface area contributed by atoms with Crippen molar-refractivity contribution in [1.82, 2.24) is 4.90 Å². The molecule has 140 valence electrons. The molecule has 1 aliphatic rings. The molecule has 2 rings (SSSR count). The van der Waals surface area contributed by atoms with Crippen LogP contribution in [0.3, 0.4) is 0 Å². The molecule has 26 heavy (non-hydrogen) atoms. The van der Waals surface area contributed by atoms with Crippen molar-refractivity contribution in [3.05, 3.63) is 23.4 Å². The second-order valence-electron chi connectivity index (χ2n) is 5.07. The molecule has 1 heterocycles. The van der Waals surface area contributed by atoms with Gasteiger partial charge in [-0.2, -0.15) is 0 Å². The average Bonchev–Trinajstić information content (AvgIpc) is 2.88. The lowest BCUT2D eigenvalue weighted by molar-refractivity contribution is -0.137. The number of carbonyl (C=O) groups excluding carboxylic acids is 2. The molecule has 0 fully saturated rings. The number of methoxy groups -OCH3 is 3. The lowest BCUT2D eigenvalue weighted by Gasteiger charge is -2.19. The van der Waals surface area contributed by atoms with Gasteiger partial charge in [0.1, 0.15) is 11.4 Å². The summed E-state index contributed by atoms with van der Waals surface area (Å²) in [6, 6.07) is 1.21. The van der Waals surface area contributed by atoms with Crippen LogP contribution in [-0.2, 0) is 9.59 Å². The van der Waals surface area contributed by atoms with Gasteiger partial charge in [-0.3, -0.25) is 14.5 Å². The molecule has 3 N–H and O–H groups in total. The monoisotopic (exact) mass is 366 g/mol. The van der Waals surface area contributed by atoms with E-state index in [4.69, 9.17) is 19.3 Å². The maximum absolute atomic E-state index is 12.3. The summed E-state index contributed by atoms with van der Waals surface area (Å²) in [4.78, 5) is 36.6. The number of nitrogens with zero attached hydrogens (tertiary/aromatic N) is 1. The fourth-order valence-electron chi connectivity index (χ4n) is 2.49. The zero-order chi connectivity index (χ0) is 19.4. The third-order valence-electron chi connectivity index (χ3n) is 3.65. The van der Waals surface area contributed by atoms with Crippen LogP contribution in [0.1, 0.15) is 10.4 Å². The van der Waals surface area contributed by atoms with Crippen molar-refractivity contribution in [3.63, 3.8) is 0 Å². The molecule has 0 aromatic heterocycles. The van der Waals surface area contributed by atoms with E-state index in [2.05, 4.69) is 5.32 Å². The van der Waals surface area contributed by atoms with Crippen LogP contribution >= 0.6 is 0 Å². The number of rotatable bonds is 8. The summed E-state index contributed by atoms with van der Waals surface area (Å²) in [5, 5.41) is 21.1. The number of hydrogen-bond donors (Lipinski definition) is 3. The van der Waals surface area contributed by atoms with Crippen LogP contribution in [0.2, 0.25) is 0 Å². The summed E-state index contributed by atoms with van der Waals surface area (Å²) in [5.41, 5.74) is -0.478. The first-order valence-corrected chi connectivity index (χ1v) is 7.41. The minimum atomic E-state index is -1.31. The Bertz CT molecular complexity index is 787. The van der Waals surface area contributed by atoms with Crippen molar-refractivity contribution in [3.8, 4) is 17.2 Å². The summed E-state index contributed by atoms with van der Waals surface area (Å²) in [5.74, 6) is -2.40. The van der Waals surface area contributed by atoms with Crippen molar-refractivity contribution in [1.29, 1.82) is 0 Å². The normalized spacial score (nSPS) is 13.5. The van der Waals surface area contributed by atoms with Gasteiger partial charge in [0, 0.05) is 12.1 Å². The topological polar surface area (TPSA) is 135 Å². The van der Waals surface area contributed by atoms with Gasteiger partial charge in [-0.05, 0) is 0 Å². The minimum Gasteiger partial charge on any atom is -0.493 e. The van der Waals surface area contributed by atoms with Crippen molar-refractivity contribution in [2.75, 3.05) is 39.8 Å². The highest BCUT2D eigenvalue weighted by Crippen LogP contribution is 2.45. The Morgan fingerprint density at radius 1 is 1.15 bits per heavy atom. The molecule has 0 aliphatic carbocycles. The zero-order valence-electron chi connectivity index (χ0n) is 14.4. The minimum absolute atomic E-state index is 0.00833. The second-order valence-corrected chi connectivity index (χ2v) is 5.07. The number of carbonyl (C=O) groups is 3. The third kappa shape index (κ3) is 3.26. The largest absolute Gasteiger partial charge is 0.493 e.